The Bertz CT molecular complexity index is 622. The van der Waals surface area contributed by atoms with Crippen LogP contribution in [0.25, 0.3) is 0 Å². The van der Waals surface area contributed by atoms with Crippen LogP contribution in [0.1, 0.15) is 33.8 Å². The minimum atomic E-state index is -0.328. The van der Waals surface area contributed by atoms with Gasteiger partial charge in [-0.15, -0.1) is 11.3 Å². The van der Waals surface area contributed by atoms with E-state index in [4.69, 9.17) is 0 Å². The van der Waals surface area contributed by atoms with Gasteiger partial charge in [0.05, 0.1) is 4.92 Å². The summed E-state index contributed by atoms with van der Waals surface area (Å²) in [4.78, 5) is 13.2. The predicted octanol–water partition coefficient (Wildman–Crippen LogP) is 4.12. The summed E-state index contributed by atoms with van der Waals surface area (Å²) < 4.78 is 0. The van der Waals surface area contributed by atoms with Crippen LogP contribution < -0.4 is 5.32 Å². The Morgan fingerprint density at radius 3 is 2.65 bits per heavy atom. The Kier molecular flexibility index (Phi) is 4.52. The average Bonchev–Trinajstić information content (AvgIpc) is 2.84. The van der Waals surface area contributed by atoms with Crippen LogP contribution in [0.2, 0.25) is 0 Å². The Hall–Kier alpha value is -1.72. The SMILES string of the molecule is Cc1ccc(C(C)NCc2ccc(C)c([N+](=O)[O-])c2)s1. The number of aryl methyl sites for hydroxylation is 2. The summed E-state index contributed by atoms with van der Waals surface area (Å²) in [5.41, 5.74) is 1.81. The Balaban J connectivity index is 2.04. The molecule has 2 rings (SSSR count). The lowest BCUT2D eigenvalue weighted by molar-refractivity contribution is -0.385. The van der Waals surface area contributed by atoms with E-state index in [1.165, 1.54) is 9.75 Å². The molecule has 1 aromatic heterocycles. The van der Waals surface area contributed by atoms with Gasteiger partial charge in [-0.05, 0) is 38.5 Å². The quantitative estimate of drug-likeness (QED) is 0.665. The third kappa shape index (κ3) is 3.43. The normalized spacial score (nSPS) is 12.3. The highest BCUT2D eigenvalue weighted by molar-refractivity contribution is 7.12. The zero-order chi connectivity index (χ0) is 14.7. The standard InChI is InChI=1S/C15H18N2O2S/c1-10-4-6-13(8-14(10)17(18)19)9-16-12(3)15-7-5-11(2)20-15/h4-8,12,16H,9H2,1-3H3. The van der Waals surface area contributed by atoms with Crippen LogP contribution in [0.3, 0.4) is 0 Å². The van der Waals surface area contributed by atoms with Gasteiger partial charge in [-0.2, -0.15) is 0 Å². The fraction of sp³-hybridized carbons (Fsp3) is 0.333. The van der Waals surface area contributed by atoms with Gasteiger partial charge in [-0.25, -0.2) is 0 Å². The molecular weight excluding hydrogens is 272 g/mol. The number of thiophene rings is 1. The van der Waals surface area contributed by atoms with Gasteiger partial charge in [-0.1, -0.05) is 12.1 Å². The molecule has 1 atom stereocenters. The summed E-state index contributed by atoms with van der Waals surface area (Å²) in [7, 11) is 0. The fourth-order valence-corrected chi connectivity index (χ4v) is 2.92. The van der Waals surface area contributed by atoms with Crippen LogP contribution in [0.15, 0.2) is 30.3 Å². The lowest BCUT2D eigenvalue weighted by atomic mass is 10.1. The van der Waals surface area contributed by atoms with E-state index < -0.39 is 0 Å². The van der Waals surface area contributed by atoms with Crippen molar-refractivity contribution in [2.75, 3.05) is 0 Å². The lowest BCUT2D eigenvalue weighted by Crippen LogP contribution is -2.17. The van der Waals surface area contributed by atoms with Crippen molar-refractivity contribution < 1.29 is 4.92 Å². The second kappa shape index (κ2) is 6.15. The Labute approximate surface area is 122 Å². The van der Waals surface area contributed by atoms with E-state index in [0.717, 1.165) is 5.56 Å². The van der Waals surface area contributed by atoms with Crippen LogP contribution in [0.4, 0.5) is 5.69 Å². The molecule has 0 saturated heterocycles. The van der Waals surface area contributed by atoms with Crippen LogP contribution in [0.5, 0.6) is 0 Å². The molecule has 0 bridgehead atoms. The number of hydrogen-bond acceptors (Lipinski definition) is 4. The molecule has 2 aromatic rings. The van der Waals surface area contributed by atoms with Crippen molar-refractivity contribution in [3.05, 3.63) is 61.3 Å². The van der Waals surface area contributed by atoms with Crippen LogP contribution in [-0.2, 0) is 6.54 Å². The topological polar surface area (TPSA) is 55.2 Å². The maximum absolute atomic E-state index is 10.9. The van der Waals surface area contributed by atoms with Crippen molar-refractivity contribution in [3.63, 3.8) is 0 Å². The average molecular weight is 290 g/mol. The highest BCUT2D eigenvalue weighted by atomic mass is 32.1. The van der Waals surface area contributed by atoms with Crippen LogP contribution in [-0.4, -0.2) is 4.92 Å². The first-order valence-electron chi connectivity index (χ1n) is 6.51. The molecule has 1 aromatic carbocycles. The summed E-state index contributed by atoms with van der Waals surface area (Å²) in [6.45, 7) is 6.57. The molecule has 0 radical (unpaired) electrons. The maximum Gasteiger partial charge on any atom is 0.272 e. The van der Waals surface area contributed by atoms with Gasteiger partial charge in [0.25, 0.3) is 5.69 Å². The highest BCUT2D eigenvalue weighted by Gasteiger charge is 2.12. The van der Waals surface area contributed by atoms with Crippen LogP contribution in [0, 0.1) is 24.0 Å². The zero-order valence-electron chi connectivity index (χ0n) is 11.8. The summed E-state index contributed by atoms with van der Waals surface area (Å²) in [5, 5.41) is 14.3. The van der Waals surface area contributed by atoms with E-state index >= 15 is 0 Å². The third-order valence-electron chi connectivity index (χ3n) is 3.27. The summed E-state index contributed by atoms with van der Waals surface area (Å²) >= 11 is 1.77. The number of nitrogens with one attached hydrogen (secondary N) is 1. The van der Waals surface area contributed by atoms with Gasteiger partial charge in [-0.3, -0.25) is 10.1 Å². The number of nitro groups is 1. The maximum atomic E-state index is 10.9. The van der Waals surface area contributed by atoms with E-state index in [1.54, 1.807) is 30.4 Å². The number of hydrogen-bond donors (Lipinski definition) is 1. The van der Waals surface area contributed by atoms with Gasteiger partial charge >= 0.3 is 0 Å². The predicted molar refractivity (Wildman–Crippen MR) is 82.1 cm³/mol. The van der Waals surface area contributed by atoms with E-state index in [-0.39, 0.29) is 16.7 Å². The molecule has 20 heavy (non-hydrogen) atoms. The molecule has 106 valence electrons. The first kappa shape index (κ1) is 14.7. The van der Waals surface area contributed by atoms with E-state index in [0.29, 0.717) is 12.1 Å². The van der Waals surface area contributed by atoms with Crippen molar-refractivity contribution in [1.29, 1.82) is 0 Å². The molecule has 4 nitrogen and oxygen atoms in total. The van der Waals surface area contributed by atoms with Gasteiger partial charge in [0.2, 0.25) is 0 Å². The molecule has 1 unspecified atom stereocenters. The van der Waals surface area contributed by atoms with Crippen LogP contribution >= 0.6 is 11.3 Å². The number of rotatable bonds is 5. The van der Waals surface area contributed by atoms with Crippen molar-refractivity contribution in [2.45, 2.75) is 33.4 Å². The summed E-state index contributed by atoms with van der Waals surface area (Å²) in [6, 6.07) is 9.85. The molecule has 0 saturated carbocycles. The Morgan fingerprint density at radius 2 is 2.05 bits per heavy atom. The smallest absolute Gasteiger partial charge is 0.272 e. The molecule has 0 aliphatic heterocycles. The second-order valence-corrected chi connectivity index (χ2v) is 6.25. The highest BCUT2D eigenvalue weighted by Crippen LogP contribution is 2.23. The molecule has 0 aliphatic rings. The van der Waals surface area contributed by atoms with E-state index in [1.807, 2.05) is 6.07 Å². The zero-order valence-corrected chi connectivity index (χ0v) is 12.7. The first-order valence-corrected chi connectivity index (χ1v) is 7.32. The van der Waals surface area contributed by atoms with Gasteiger partial charge in [0, 0.05) is 34.0 Å². The molecule has 0 fully saturated rings. The van der Waals surface area contributed by atoms with Crippen molar-refractivity contribution in [1.82, 2.24) is 5.32 Å². The lowest BCUT2D eigenvalue weighted by Gasteiger charge is -2.12. The molecule has 1 heterocycles. The molecule has 0 amide bonds. The van der Waals surface area contributed by atoms with Gasteiger partial charge < -0.3 is 5.32 Å². The Morgan fingerprint density at radius 1 is 1.30 bits per heavy atom. The second-order valence-electron chi connectivity index (χ2n) is 4.93. The molecule has 5 heteroatoms. The number of benzene rings is 1. The fourth-order valence-electron chi connectivity index (χ4n) is 2.02. The van der Waals surface area contributed by atoms with Crippen molar-refractivity contribution in [2.24, 2.45) is 0 Å². The van der Waals surface area contributed by atoms with E-state index in [9.17, 15) is 10.1 Å². The summed E-state index contributed by atoms with van der Waals surface area (Å²) in [5.74, 6) is 0. The molecular formula is C15H18N2O2S. The largest absolute Gasteiger partial charge is 0.305 e. The van der Waals surface area contributed by atoms with Gasteiger partial charge in [0.15, 0.2) is 0 Å². The minimum Gasteiger partial charge on any atom is -0.305 e. The van der Waals surface area contributed by atoms with Gasteiger partial charge in [0.1, 0.15) is 0 Å². The monoisotopic (exact) mass is 290 g/mol. The molecule has 1 N–H and O–H groups in total. The van der Waals surface area contributed by atoms with Crippen molar-refractivity contribution in [3.8, 4) is 0 Å². The number of nitro benzene ring substituents is 1. The molecule has 0 aliphatic carbocycles. The van der Waals surface area contributed by atoms with Crippen molar-refractivity contribution >= 4 is 17.0 Å². The van der Waals surface area contributed by atoms with E-state index in [2.05, 4.69) is 31.3 Å². The molecule has 0 spiro atoms. The first-order chi connectivity index (χ1) is 9.47. The minimum absolute atomic E-state index is 0.184. The summed E-state index contributed by atoms with van der Waals surface area (Å²) in [6.07, 6.45) is 0. The number of nitrogens with zero attached hydrogens (tertiary/aromatic N) is 1. The third-order valence-corrected chi connectivity index (χ3v) is 4.45.